The van der Waals surface area contributed by atoms with Gasteiger partial charge in [-0.2, -0.15) is 5.11 Å². The number of benzene rings is 2. The highest BCUT2D eigenvalue weighted by atomic mass is 16.5. The molecule has 2 aliphatic heterocycles. The van der Waals surface area contributed by atoms with Gasteiger partial charge in [0.25, 0.3) is 11.8 Å². The number of carbonyl (C=O) groups is 3. The highest BCUT2D eigenvalue weighted by Gasteiger charge is 2.55. The second-order valence-electron chi connectivity index (χ2n) is 6.91. The molecule has 3 amide bonds. The van der Waals surface area contributed by atoms with Crippen molar-refractivity contribution in [1.29, 1.82) is 0 Å². The molecule has 160 valence electrons. The minimum absolute atomic E-state index is 0.215. The second-order valence-corrected chi connectivity index (χ2v) is 6.91. The third-order valence-corrected chi connectivity index (χ3v) is 4.94. The van der Waals surface area contributed by atoms with Crippen LogP contribution in [0.2, 0.25) is 0 Å². The molecule has 2 heterocycles. The molecule has 2 atom stereocenters. The molecule has 1 saturated heterocycles. The van der Waals surface area contributed by atoms with Crippen LogP contribution in [0, 0.1) is 0 Å². The Hall–Kier alpha value is -3.95. The number of rotatable bonds is 7. The topological polar surface area (TPSA) is 113 Å². The molecule has 0 aromatic heterocycles. The van der Waals surface area contributed by atoms with Crippen LogP contribution in [0.15, 0.2) is 58.9 Å². The van der Waals surface area contributed by atoms with Crippen molar-refractivity contribution in [3.63, 3.8) is 0 Å². The summed E-state index contributed by atoms with van der Waals surface area (Å²) < 4.78 is 10.5. The number of hydrogen-bond donors (Lipinski definition) is 1. The molecule has 0 radical (unpaired) electrons. The zero-order chi connectivity index (χ0) is 22.0. The van der Waals surface area contributed by atoms with Gasteiger partial charge in [0, 0.05) is 5.69 Å². The van der Waals surface area contributed by atoms with Gasteiger partial charge in [0.15, 0.2) is 12.1 Å². The van der Waals surface area contributed by atoms with Crippen LogP contribution in [0.4, 0.5) is 11.4 Å². The molecule has 2 unspecified atom stereocenters. The van der Waals surface area contributed by atoms with Crippen LogP contribution in [-0.4, -0.2) is 55.1 Å². The molecule has 0 bridgehead atoms. The zero-order valence-electron chi connectivity index (χ0n) is 17.0. The van der Waals surface area contributed by atoms with Gasteiger partial charge in [-0.15, -0.1) is 0 Å². The van der Waals surface area contributed by atoms with E-state index in [1.54, 1.807) is 48.5 Å². The highest BCUT2D eigenvalue weighted by molar-refractivity contribution is 6.25. The summed E-state index contributed by atoms with van der Waals surface area (Å²) in [7, 11) is 1.53. The van der Waals surface area contributed by atoms with Gasteiger partial charge in [-0.25, -0.2) is 4.90 Å². The van der Waals surface area contributed by atoms with E-state index in [9.17, 15) is 14.4 Å². The summed E-state index contributed by atoms with van der Waals surface area (Å²) in [6.07, 6.45) is 0. The van der Waals surface area contributed by atoms with Gasteiger partial charge in [0.05, 0.1) is 19.4 Å². The molecule has 0 spiro atoms. The fraction of sp³-hybridized carbons (Fsp3) is 0.286. The fourth-order valence-corrected chi connectivity index (χ4v) is 3.49. The number of nitrogens with one attached hydrogen (secondary N) is 1. The molecule has 2 aliphatic rings. The van der Waals surface area contributed by atoms with Crippen molar-refractivity contribution in [3.8, 4) is 11.5 Å². The molecular formula is C21H21N5O5. The van der Waals surface area contributed by atoms with Crippen LogP contribution in [0.5, 0.6) is 11.5 Å². The predicted octanol–water partition coefficient (Wildman–Crippen LogP) is 2.03. The summed E-state index contributed by atoms with van der Waals surface area (Å²) in [6, 6.07) is 11.6. The number of imide groups is 1. The Kier molecular flexibility index (Phi) is 5.52. The van der Waals surface area contributed by atoms with Crippen LogP contribution in [0.3, 0.4) is 0 Å². The maximum atomic E-state index is 13.0. The fourth-order valence-electron chi connectivity index (χ4n) is 3.49. The van der Waals surface area contributed by atoms with Crippen molar-refractivity contribution >= 4 is 29.1 Å². The Morgan fingerprint density at radius 1 is 1.03 bits per heavy atom. The van der Waals surface area contributed by atoms with Crippen LogP contribution >= 0.6 is 0 Å². The van der Waals surface area contributed by atoms with E-state index in [2.05, 4.69) is 15.7 Å². The van der Waals surface area contributed by atoms with Gasteiger partial charge in [-0.1, -0.05) is 5.22 Å². The first-order valence-corrected chi connectivity index (χ1v) is 9.74. The molecular weight excluding hydrogens is 402 g/mol. The number of fused-ring (bicyclic) bond motifs is 1. The minimum atomic E-state index is -0.965. The summed E-state index contributed by atoms with van der Waals surface area (Å²) in [6.45, 7) is 2.22. The van der Waals surface area contributed by atoms with Gasteiger partial charge in [-0.3, -0.25) is 19.4 Å². The Bertz CT molecular complexity index is 1020. The van der Waals surface area contributed by atoms with E-state index in [1.807, 2.05) is 6.92 Å². The molecule has 0 saturated carbocycles. The Labute approximate surface area is 178 Å². The van der Waals surface area contributed by atoms with E-state index in [1.165, 1.54) is 12.1 Å². The normalized spacial score (nSPS) is 19.5. The third-order valence-electron chi connectivity index (χ3n) is 4.94. The second kappa shape index (κ2) is 8.42. The van der Waals surface area contributed by atoms with Gasteiger partial charge in [0.2, 0.25) is 5.91 Å². The smallest absolute Gasteiger partial charge is 0.263 e. The number of hydrogen-bond acceptors (Lipinski definition) is 8. The Balaban J connectivity index is 1.43. The molecule has 10 heteroatoms. The molecule has 31 heavy (non-hydrogen) atoms. The van der Waals surface area contributed by atoms with Crippen LogP contribution in [-0.2, 0) is 14.4 Å². The predicted molar refractivity (Wildman–Crippen MR) is 111 cm³/mol. The number of nitrogens with zero attached hydrogens (tertiary/aromatic N) is 4. The average Bonchev–Trinajstić information content (AvgIpc) is 3.29. The maximum absolute atomic E-state index is 13.0. The molecule has 1 N–H and O–H groups in total. The Morgan fingerprint density at radius 2 is 1.71 bits per heavy atom. The lowest BCUT2D eigenvalue weighted by atomic mass is 10.1. The average molecular weight is 423 g/mol. The first-order valence-electron chi connectivity index (χ1n) is 9.74. The van der Waals surface area contributed by atoms with Crippen molar-refractivity contribution in [2.45, 2.75) is 19.0 Å². The van der Waals surface area contributed by atoms with Crippen LogP contribution < -0.4 is 19.7 Å². The number of methoxy groups -OCH3 is 1. The summed E-state index contributed by atoms with van der Waals surface area (Å²) in [5.41, 5.74) is 0.994. The Morgan fingerprint density at radius 3 is 2.35 bits per heavy atom. The van der Waals surface area contributed by atoms with Crippen molar-refractivity contribution < 1.29 is 23.9 Å². The summed E-state index contributed by atoms with van der Waals surface area (Å²) in [5.74, 6) is -0.0232. The van der Waals surface area contributed by atoms with E-state index in [0.717, 1.165) is 4.90 Å². The van der Waals surface area contributed by atoms with Gasteiger partial charge in [-0.05, 0) is 55.5 Å². The van der Waals surface area contributed by atoms with E-state index < -0.39 is 23.9 Å². The van der Waals surface area contributed by atoms with Crippen molar-refractivity contribution in [3.05, 3.63) is 48.5 Å². The molecule has 2 aromatic carbocycles. The molecule has 2 aromatic rings. The number of carbonyl (C=O) groups excluding carboxylic acids is 3. The lowest BCUT2D eigenvalue weighted by Crippen LogP contribution is -2.43. The summed E-state index contributed by atoms with van der Waals surface area (Å²) in [5, 5.41) is 11.8. The van der Waals surface area contributed by atoms with Crippen LogP contribution in [0.1, 0.15) is 6.92 Å². The van der Waals surface area contributed by atoms with Crippen LogP contribution in [0.25, 0.3) is 0 Å². The largest absolute Gasteiger partial charge is 0.497 e. The minimum Gasteiger partial charge on any atom is -0.497 e. The van der Waals surface area contributed by atoms with E-state index in [0.29, 0.717) is 29.5 Å². The first-order chi connectivity index (χ1) is 15.0. The lowest BCUT2D eigenvalue weighted by molar-refractivity contribution is -0.123. The monoisotopic (exact) mass is 423 g/mol. The number of anilines is 2. The number of ether oxygens (including phenoxy) is 2. The molecule has 10 nitrogen and oxygen atoms in total. The van der Waals surface area contributed by atoms with E-state index >= 15 is 0 Å². The third kappa shape index (κ3) is 3.91. The van der Waals surface area contributed by atoms with E-state index in [-0.39, 0.29) is 12.5 Å². The molecule has 1 fully saturated rings. The number of amides is 3. The summed E-state index contributed by atoms with van der Waals surface area (Å²) >= 11 is 0. The maximum Gasteiger partial charge on any atom is 0.263 e. The highest BCUT2D eigenvalue weighted by Crippen LogP contribution is 2.32. The lowest BCUT2D eigenvalue weighted by Gasteiger charge is -2.20. The first kappa shape index (κ1) is 20.3. The van der Waals surface area contributed by atoms with Gasteiger partial charge >= 0.3 is 0 Å². The molecule has 4 rings (SSSR count). The SMILES string of the molecule is CCOc1ccc(NC(=O)CN2N=NC3C(=O)N(c4ccc(OC)cc4)C(=O)C32)cc1. The standard InChI is InChI=1S/C21H21N5O5/c1-3-31-16-8-4-13(5-9-16)22-17(27)12-25-19-18(23-24-25)20(28)26(21(19)29)14-6-10-15(30-2)11-7-14/h4-11,18-19H,3,12H2,1-2H3,(H,22,27). The van der Waals surface area contributed by atoms with Crippen molar-refractivity contribution in [1.82, 2.24) is 5.01 Å². The summed E-state index contributed by atoms with van der Waals surface area (Å²) in [4.78, 5) is 39.3. The van der Waals surface area contributed by atoms with Crippen molar-refractivity contribution in [2.24, 2.45) is 10.3 Å². The zero-order valence-corrected chi connectivity index (χ0v) is 17.0. The van der Waals surface area contributed by atoms with Crippen molar-refractivity contribution in [2.75, 3.05) is 30.5 Å². The quantitative estimate of drug-likeness (QED) is 0.682. The van der Waals surface area contributed by atoms with E-state index in [4.69, 9.17) is 9.47 Å². The molecule has 0 aliphatic carbocycles. The van der Waals surface area contributed by atoms with Gasteiger partial charge < -0.3 is 14.8 Å². The van der Waals surface area contributed by atoms with Gasteiger partial charge in [0.1, 0.15) is 18.0 Å².